The molecule has 1 heterocycles. The van der Waals surface area contributed by atoms with E-state index in [0.717, 1.165) is 0 Å². The van der Waals surface area contributed by atoms with E-state index < -0.39 is 23.8 Å². The molecule has 0 atom stereocenters. The van der Waals surface area contributed by atoms with Crippen LogP contribution < -0.4 is 16.0 Å². The number of fused-ring (bicyclic) bond motifs is 1. The van der Waals surface area contributed by atoms with Gasteiger partial charge in [-0.2, -0.15) is 5.10 Å². The van der Waals surface area contributed by atoms with Gasteiger partial charge in [-0.3, -0.25) is 4.79 Å². The number of rotatable bonds is 5. The summed E-state index contributed by atoms with van der Waals surface area (Å²) < 4.78 is 5.86. The molecule has 1 aromatic heterocycles. The first-order chi connectivity index (χ1) is 12.1. The Balaban J connectivity index is 2.01. The number of carboxylic acids is 1. The lowest BCUT2D eigenvalue weighted by atomic mass is 10.2. The van der Waals surface area contributed by atoms with E-state index in [1.165, 1.54) is 6.21 Å². The number of nitrogens with zero attached hydrogens (tertiary/aromatic N) is 2. The van der Waals surface area contributed by atoms with E-state index in [2.05, 4.69) is 10.1 Å². The van der Waals surface area contributed by atoms with Gasteiger partial charge in [-0.05, 0) is 24.3 Å². The summed E-state index contributed by atoms with van der Waals surface area (Å²) >= 11 is 0. The molecule has 0 bridgehead atoms. The van der Waals surface area contributed by atoms with Crippen LogP contribution >= 0.6 is 0 Å². The topological polar surface area (TPSA) is 114 Å². The average molecular weight is 339 g/mol. The lowest BCUT2D eigenvalue weighted by Crippen LogP contribution is -2.32. The highest BCUT2D eigenvalue weighted by Gasteiger charge is 2.07. The second-order valence-electron chi connectivity index (χ2n) is 5.06. The fourth-order valence-electron chi connectivity index (χ4n) is 2.24. The minimum absolute atomic E-state index is 0.277. The third-order valence-electron chi connectivity index (χ3n) is 3.37. The molecule has 0 radical (unpaired) electrons. The Morgan fingerprint density at radius 2 is 1.88 bits per heavy atom. The Morgan fingerprint density at radius 1 is 1.16 bits per heavy atom. The van der Waals surface area contributed by atoms with Crippen molar-refractivity contribution < 1.29 is 14.6 Å². The number of hydrogen-bond acceptors (Lipinski definition) is 5. The summed E-state index contributed by atoms with van der Waals surface area (Å²) in [5.74, 6) is -0.840. The van der Waals surface area contributed by atoms with Crippen molar-refractivity contribution in [1.82, 2.24) is 9.66 Å². The van der Waals surface area contributed by atoms with Crippen molar-refractivity contribution in [3.8, 4) is 5.75 Å². The maximum absolute atomic E-state index is 12.4. The average Bonchev–Trinajstić information content (AvgIpc) is 2.60. The fraction of sp³-hybridized carbons (Fsp3) is 0.0588. The second kappa shape index (κ2) is 6.83. The molecule has 8 heteroatoms. The number of aromatic amines is 1. The molecular weight excluding hydrogens is 326 g/mol. The number of ether oxygens (including phenoxy) is 1. The zero-order valence-electron chi connectivity index (χ0n) is 12.9. The van der Waals surface area contributed by atoms with Crippen LogP contribution in [0.25, 0.3) is 10.9 Å². The number of carbonyl (C=O) groups is 1. The standard InChI is InChI=1S/C17H13N3O5/c21-15(22)10-25-14-8-4-1-5-11(14)9-18-20-16(23)12-6-2-3-7-13(12)19-17(20)24/h1-9H,10H2,(H,19,24)(H,21,22). The summed E-state index contributed by atoms with van der Waals surface area (Å²) in [6, 6.07) is 13.2. The summed E-state index contributed by atoms with van der Waals surface area (Å²) in [5, 5.41) is 12.9. The van der Waals surface area contributed by atoms with Crippen molar-refractivity contribution in [3.05, 3.63) is 74.9 Å². The number of H-pyrrole nitrogens is 1. The van der Waals surface area contributed by atoms with E-state index in [9.17, 15) is 14.4 Å². The summed E-state index contributed by atoms with van der Waals surface area (Å²) in [6.07, 6.45) is 1.27. The lowest BCUT2D eigenvalue weighted by Gasteiger charge is -2.06. The molecule has 0 aliphatic heterocycles. The molecule has 3 rings (SSSR count). The first-order valence-corrected chi connectivity index (χ1v) is 7.28. The Hall–Kier alpha value is -3.68. The van der Waals surface area contributed by atoms with Gasteiger partial charge in [-0.15, -0.1) is 4.68 Å². The van der Waals surface area contributed by atoms with Gasteiger partial charge in [0.2, 0.25) is 0 Å². The molecule has 3 aromatic rings. The number of benzene rings is 2. The summed E-state index contributed by atoms with van der Waals surface area (Å²) in [4.78, 5) is 37.7. The van der Waals surface area contributed by atoms with Gasteiger partial charge in [0.25, 0.3) is 5.56 Å². The molecule has 0 amide bonds. The summed E-state index contributed by atoms with van der Waals surface area (Å²) in [6.45, 7) is -0.513. The zero-order chi connectivity index (χ0) is 17.8. The monoisotopic (exact) mass is 339 g/mol. The maximum Gasteiger partial charge on any atom is 0.349 e. The second-order valence-corrected chi connectivity index (χ2v) is 5.06. The number of hydrogen-bond donors (Lipinski definition) is 2. The van der Waals surface area contributed by atoms with Crippen LogP contribution in [0.5, 0.6) is 5.75 Å². The normalized spacial score (nSPS) is 11.0. The Bertz CT molecular complexity index is 1080. The Labute approximate surface area is 140 Å². The van der Waals surface area contributed by atoms with E-state index in [1.54, 1.807) is 48.5 Å². The van der Waals surface area contributed by atoms with Gasteiger partial charge in [0.15, 0.2) is 6.61 Å². The molecular formula is C17H13N3O5. The largest absolute Gasteiger partial charge is 0.481 e. The Morgan fingerprint density at radius 3 is 2.68 bits per heavy atom. The summed E-state index contributed by atoms with van der Waals surface area (Å²) in [5.41, 5.74) is -0.374. The quantitative estimate of drug-likeness (QED) is 0.674. The fourth-order valence-corrected chi connectivity index (χ4v) is 2.24. The van der Waals surface area contributed by atoms with Crippen molar-refractivity contribution in [3.63, 3.8) is 0 Å². The lowest BCUT2D eigenvalue weighted by molar-refractivity contribution is -0.139. The molecule has 0 unspecified atom stereocenters. The molecule has 0 aliphatic rings. The van der Waals surface area contributed by atoms with Gasteiger partial charge in [0.1, 0.15) is 5.75 Å². The minimum atomic E-state index is -1.12. The van der Waals surface area contributed by atoms with Crippen LogP contribution in [0.2, 0.25) is 0 Å². The van der Waals surface area contributed by atoms with Crippen molar-refractivity contribution in [2.45, 2.75) is 0 Å². The first kappa shape index (κ1) is 16.2. The molecule has 8 nitrogen and oxygen atoms in total. The van der Waals surface area contributed by atoms with Gasteiger partial charge >= 0.3 is 11.7 Å². The van der Waals surface area contributed by atoms with Gasteiger partial charge in [0.05, 0.1) is 17.1 Å². The number of para-hydroxylation sites is 2. The smallest absolute Gasteiger partial charge is 0.349 e. The van der Waals surface area contributed by atoms with Crippen LogP contribution in [-0.2, 0) is 4.79 Å². The highest BCUT2D eigenvalue weighted by Crippen LogP contribution is 2.15. The molecule has 2 N–H and O–H groups in total. The van der Waals surface area contributed by atoms with Crippen LogP contribution in [0.15, 0.2) is 63.2 Å². The minimum Gasteiger partial charge on any atom is -0.481 e. The van der Waals surface area contributed by atoms with E-state index in [-0.39, 0.29) is 5.75 Å². The van der Waals surface area contributed by atoms with Crippen molar-refractivity contribution in [1.29, 1.82) is 0 Å². The van der Waals surface area contributed by atoms with E-state index >= 15 is 0 Å². The van der Waals surface area contributed by atoms with E-state index in [4.69, 9.17) is 9.84 Å². The molecule has 2 aromatic carbocycles. The SMILES string of the molecule is O=C(O)COc1ccccc1C=Nn1c(=O)[nH]c2ccccc2c1=O. The van der Waals surface area contributed by atoms with Crippen molar-refractivity contribution >= 4 is 23.1 Å². The van der Waals surface area contributed by atoms with E-state index in [0.29, 0.717) is 21.1 Å². The van der Waals surface area contributed by atoms with Crippen LogP contribution in [0.3, 0.4) is 0 Å². The van der Waals surface area contributed by atoms with Crippen molar-refractivity contribution in [2.24, 2.45) is 5.10 Å². The first-order valence-electron chi connectivity index (χ1n) is 7.28. The highest BCUT2D eigenvalue weighted by atomic mass is 16.5. The Kier molecular flexibility index (Phi) is 4.42. The maximum atomic E-state index is 12.4. The third kappa shape index (κ3) is 3.47. The van der Waals surface area contributed by atoms with Crippen molar-refractivity contribution in [2.75, 3.05) is 6.61 Å². The molecule has 0 spiro atoms. The summed E-state index contributed by atoms with van der Waals surface area (Å²) in [7, 11) is 0. The van der Waals surface area contributed by atoms with Crippen LogP contribution in [0.1, 0.15) is 5.56 Å². The number of nitrogens with one attached hydrogen (secondary N) is 1. The zero-order valence-corrected chi connectivity index (χ0v) is 12.9. The van der Waals surface area contributed by atoms with Crippen LogP contribution in [-0.4, -0.2) is 33.6 Å². The number of aliphatic carboxylic acids is 1. The van der Waals surface area contributed by atoms with E-state index in [1.807, 2.05) is 0 Å². The van der Waals surface area contributed by atoms with Crippen LogP contribution in [0.4, 0.5) is 0 Å². The molecule has 0 fully saturated rings. The third-order valence-corrected chi connectivity index (χ3v) is 3.37. The van der Waals surface area contributed by atoms with Crippen LogP contribution in [0, 0.1) is 0 Å². The predicted molar refractivity (Wildman–Crippen MR) is 91.4 cm³/mol. The molecule has 25 heavy (non-hydrogen) atoms. The molecule has 0 aliphatic carbocycles. The van der Waals surface area contributed by atoms with Gasteiger partial charge in [-0.1, -0.05) is 24.3 Å². The predicted octanol–water partition coefficient (Wildman–Crippen LogP) is 1.04. The molecule has 0 saturated heterocycles. The van der Waals surface area contributed by atoms with Gasteiger partial charge < -0.3 is 14.8 Å². The number of aromatic nitrogens is 2. The van der Waals surface area contributed by atoms with Gasteiger partial charge in [-0.25, -0.2) is 9.59 Å². The number of carboxylic acid groups (broad SMARTS) is 1. The highest BCUT2D eigenvalue weighted by molar-refractivity contribution is 5.84. The molecule has 0 saturated carbocycles. The van der Waals surface area contributed by atoms with Gasteiger partial charge in [0, 0.05) is 5.56 Å². The molecule has 126 valence electrons.